The number of halogens is 1. The highest BCUT2D eigenvalue weighted by Crippen LogP contribution is 2.29. The average molecular weight is 818 g/mol. The molecule has 4 saturated carbocycles. The van der Waals surface area contributed by atoms with Gasteiger partial charge in [-0.05, 0) is 92.2 Å². The Labute approximate surface area is 374 Å². The Balaban J connectivity index is -0.0000000689. The molecule has 0 aliphatic heterocycles. The zero-order valence-corrected chi connectivity index (χ0v) is 35.4. The number of rotatable bonds is 0. The lowest BCUT2D eigenvalue weighted by atomic mass is 9.84. The van der Waals surface area contributed by atoms with Gasteiger partial charge < -0.3 is 0 Å². The topological polar surface area (TPSA) is 0 Å². The Bertz CT molecular complexity index is 903. The number of hydrogen-bond acceptors (Lipinski definition) is 0. The van der Waals surface area contributed by atoms with E-state index in [0.717, 1.165) is 52.9 Å². The molecule has 0 nitrogen and oxygen atoms in total. The van der Waals surface area contributed by atoms with E-state index in [1.54, 1.807) is 13.0 Å². The SMILES string of the molecule is C.C.C.C.C.C.C.C.CC1CCC(C)CC1.CC1CCC(C)CC1.CC1CCC(C)CC1.CC1CCC(C)CC1.Cc1ccc(C)c(F)c1.Cc1ccc(C)cc1.[B]. The summed E-state index contributed by atoms with van der Waals surface area (Å²) in [7, 11) is 0. The highest BCUT2D eigenvalue weighted by molar-refractivity contribution is 5.75. The van der Waals surface area contributed by atoms with Crippen LogP contribution in [0.3, 0.4) is 0 Å². The van der Waals surface area contributed by atoms with Crippen LogP contribution in [-0.4, -0.2) is 8.41 Å². The molecule has 6 rings (SSSR count). The molecule has 0 heterocycles. The Morgan fingerprint density at radius 1 is 0.310 bits per heavy atom. The molecule has 0 atom stereocenters. The summed E-state index contributed by atoms with van der Waals surface area (Å²) >= 11 is 0. The number of hydrogen-bond donors (Lipinski definition) is 0. The number of aryl methyl sites for hydroxylation is 4. The lowest BCUT2D eigenvalue weighted by molar-refractivity contribution is 0.308. The summed E-state index contributed by atoms with van der Waals surface area (Å²) in [4.78, 5) is 0. The maximum atomic E-state index is 12.6. The lowest BCUT2D eigenvalue weighted by Gasteiger charge is -2.22. The van der Waals surface area contributed by atoms with E-state index in [1.165, 1.54) is 120 Å². The summed E-state index contributed by atoms with van der Waals surface area (Å²) in [6.45, 7) is 26.8. The van der Waals surface area contributed by atoms with Crippen LogP contribution in [0.15, 0.2) is 42.5 Å². The van der Waals surface area contributed by atoms with Crippen LogP contribution in [0.1, 0.15) is 240 Å². The van der Waals surface area contributed by atoms with Crippen molar-refractivity contribution in [2.24, 2.45) is 47.3 Å². The fourth-order valence-corrected chi connectivity index (χ4v) is 7.04. The minimum Gasteiger partial charge on any atom is -0.207 e. The first-order valence-electron chi connectivity index (χ1n) is 20.9. The van der Waals surface area contributed by atoms with E-state index in [4.69, 9.17) is 0 Å². The third kappa shape index (κ3) is 41.2. The summed E-state index contributed by atoms with van der Waals surface area (Å²) in [5.74, 6) is 8.04. The zero-order chi connectivity index (χ0) is 36.8. The van der Waals surface area contributed by atoms with E-state index >= 15 is 0 Å². The summed E-state index contributed by atoms with van der Waals surface area (Å²) in [5.41, 5.74) is 4.34. The van der Waals surface area contributed by atoms with Crippen molar-refractivity contribution in [2.75, 3.05) is 0 Å². The van der Waals surface area contributed by atoms with Crippen LogP contribution >= 0.6 is 0 Å². The van der Waals surface area contributed by atoms with Gasteiger partial charge in [-0.2, -0.15) is 0 Å². The van der Waals surface area contributed by atoms with Gasteiger partial charge in [0.25, 0.3) is 0 Å². The summed E-state index contributed by atoms with van der Waals surface area (Å²) in [6.07, 6.45) is 23.6. The molecule has 0 bridgehead atoms. The zero-order valence-electron chi connectivity index (χ0n) is 35.4. The van der Waals surface area contributed by atoms with Crippen molar-refractivity contribution >= 4 is 8.41 Å². The highest BCUT2D eigenvalue weighted by Gasteiger charge is 2.15. The minimum absolute atomic E-state index is 0. The molecule has 0 saturated heterocycles. The van der Waals surface area contributed by atoms with Crippen molar-refractivity contribution in [3.63, 3.8) is 0 Å². The maximum Gasteiger partial charge on any atom is 0.126 e. The third-order valence-electron chi connectivity index (χ3n) is 11.8. The van der Waals surface area contributed by atoms with E-state index < -0.39 is 0 Å². The van der Waals surface area contributed by atoms with Crippen LogP contribution in [0, 0.1) is 80.9 Å². The van der Waals surface area contributed by atoms with Crippen LogP contribution in [-0.2, 0) is 0 Å². The highest BCUT2D eigenvalue weighted by atomic mass is 19.1. The van der Waals surface area contributed by atoms with Crippen molar-refractivity contribution in [2.45, 2.75) is 245 Å². The largest absolute Gasteiger partial charge is 0.207 e. The molecule has 4 aliphatic rings. The molecule has 3 radical (unpaired) electrons. The molecule has 58 heavy (non-hydrogen) atoms. The van der Waals surface area contributed by atoms with Crippen LogP contribution in [0.25, 0.3) is 0 Å². The van der Waals surface area contributed by atoms with Crippen LogP contribution in [0.4, 0.5) is 4.39 Å². The quantitative estimate of drug-likeness (QED) is 0.232. The first kappa shape index (κ1) is 77.1. The molecular formula is C56H115BF. The van der Waals surface area contributed by atoms with Crippen LogP contribution in [0.5, 0.6) is 0 Å². The van der Waals surface area contributed by atoms with Gasteiger partial charge in [0.2, 0.25) is 0 Å². The molecule has 4 fully saturated rings. The van der Waals surface area contributed by atoms with Gasteiger partial charge in [0.05, 0.1) is 0 Å². The first-order valence-corrected chi connectivity index (χ1v) is 20.9. The van der Waals surface area contributed by atoms with Crippen LogP contribution in [0.2, 0.25) is 0 Å². The second-order valence-corrected chi connectivity index (χ2v) is 17.9. The van der Waals surface area contributed by atoms with E-state index in [9.17, 15) is 4.39 Å². The maximum absolute atomic E-state index is 12.6. The van der Waals surface area contributed by atoms with Crippen molar-refractivity contribution in [1.29, 1.82) is 0 Å². The second-order valence-electron chi connectivity index (χ2n) is 17.9. The van der Waals surface area contributed by atoms with Gasteiger partial charge in [-0.1, -0.05) is 265 Å². The first-order chi connectivity index (χ1) is 23.1. The van der Waals surface area contributed by atoms with Gasteiger partial charge in [-0.25, -0.2) is 4.39 Å². The second kappa shape index (κ2) is 45.0. The minimum atomic E-state index is -0.116. The summed E-state index contributed by atoms with van der Waals surface area (Å²) in [5, 5.41) is 0. The van der Waals surface area contributed by atoms with Crippen molar-refractivity contribution < 1.29 is 4.39 Å². The predicted octanol–water partition coefficient (Wildman–Crippen LogP) is 20.8. The van der Waals surface area contributed by atoms with E-state index in [2.05, 4.69) is 93.5 Å². The Morgan fingerprint density at radius 3 is 0.603 bits per heavy atom. The third-order valence-corrected chi connectivity index (χ3v) is 11.8. The average Bonchev–Trinajstić information content (AvgIpc) is 3.08. The summed E-state index contributed by atoms with van der Waals surface area (Å²) < 4.78 is 12.6. The van der Waals surface area contributed by atoms with Gasteiger partial charge in [-0.15, -0.1) is 0 Å². The van der Waals surface area contributed by atoms with Crippen LogP contribution < -0.4 is 0 Å². The Hall–Kier alpha value is -1.57. The standard InChI is InChI=1S/C8H9F.4C8H16.C8H10.8CH4.B/c1-6-3-4-7(2)8(9)5-6;5*1-7-3-5-8(2)6-4-7;;;;;;;;;/h3-5H,1-2H3;4*7-8H,3-6H2,1-2H3;3-6H,1-2H3;8*1H4;. The Morgan fingerprint density at radius 2 is 0.466 bits per heavy atom. The van der Waals surface area contributed by atoms with Gasteiger partial charge in [0.15, 0.2) is 0 Å². The predicted molar refractivity (Wildman–Crippen MR) is 279 cm³/mol. The fraction of sp³-hybridized carbons (Fsp3) is 0.786. The summed E-state index contributed by atoms with van der Waals surface area (Å²) in [6, 6.07) is 13.7. The van der Waals surface area contributed by atoms with E-state index in [-0.39, 0.29) is 73.6 Å². The van der Waals surface area contributed by atoms with Crippen molar-refractivity contribution in [3.8, 4) is 0 Å². The molecule has 0 N–H and O–H groups in total. The molecular weight excluding hydrogens is 702 g/mol. The van der Waals surface area contributed by atoms with E-state index in [1.807, 2.05) is 13.0 Å². The Kier molecular flexibility index (Phi) is 59.8. The van der Waals surface area contributed by atoms with Crippen molar-refractivity contribution in [1.82, 2.24) is 0 Å². The monoisotopic (exact) mass is 818 g/mol. The number of benzene rings is 2. The van der Waals surface area contributed by atoms with Gasteiger partial charge in [-0.3, -0.25) is 0 Å². The van der Waals surface area contributed by atoms with Gasteiger partial charge >= 0.3 is 0 Å². The smallest absolute Gasteiger partial charge is 0.126 e. The molecule has 349 valence electrons. The lowest BCUT2D eigenvalue weighted by Crippen LogP contribution is -2.08. The normalized spacial score (nSPS) is 24.7. The molecule has 0 spiro atoms. The molecule has 0 aromatic heterocycles. The van der Waals surface area contributed by atoms with Gasteiger partial charge in [0.1, 0.15) is 5.82 Å². The molecule has 0 amide bonds. The molecule has 2 heteroatoms. The molecule has 2 aromatic rings. The van der Waals surface area contributed by atoms with Crippen molar-refractivity contribution in [3.05, 3.63) is 70.5 Å². The molecule has 0 unspecified atom stereocenters. The van der Waals surface area contributed by atoms with Gasteiger partial charge in [0, 0.05) is 8.41 Å². The fourth-order valence-electron chi connectivity index (χ4n) is 7.04. The van der Waals surface area contributed by atoms with E-state index in [0.29, 0.717) is 5.56 Å². The molecule has 2 aromatic carbocycles. The molecule has 4 aliphatic carbocycles.